The summed E-state index contributed by atoms with van der Waals surface area (Å²) < 4.78 is 33.2. The van der Waals surface area contributed by atoms with Gasteiger partial charge in [0, 0.05) is 0 Å². The minimum atomic E-state index is -3.72. The molecule has 6 nitrogen and oxygen atoms in total. The van der Waals surface area contributed by atoms with E-state index in [0.29, 0.717) is 39.6 Å². The molecule has 0 aromatic carbocycles. The Hall–Kier alpha value is 0.559. The Balaban J connectivity index is 4.77. The van der Waals surface area contributed by atoms with Crippen LogP contribution in [0.25, 0.3) is 0 Å². The van der Waals surface area contributed by atoms with Crippen molar-refractivity contribution in [1.82, 2.24) is 0 Å². The van der Waals surface area contributed by atoms with Crippen molar-refractivity contribution in [3.05, 3.63) is 0 Å². The first-order chi connectivity index (χ1) is 9.43. The SMILES string of the molecule is COCC[O][Sn]([O]CCOC)([O]CCOC)[C](C)(C)C. The normalized spacial score (nSPS) is 12.9. The first kappa shape index (κ1) is 20.6. The summed E-state index contributed by atoms with van der Waals surface area (Å²) in [6.45, 7) is 9.28. The van der Waals surface area contributed by atoms with Gasteiger partial charge >= 0.3 is 128 Å². The topological polar surface area (TPSA) is 55.4 Å². The number of rotatable bonds is 12. The van der Waals surface area contributed by atoms with Crippen molar-refractivity contribution >= 4 is 19.6 Å². The molecule has 0 amide bonds. The molecule has 0 saturated heterocycles. The van der Waals surface area contributed by atoms with E-state index < -0.39 is 19.6 Å². The van der Waals surface area contributed by atoms with E-state index in [1.165, 1.54) is 0 Å². The van der Waals surface area contributed by atoms with Crippen LogP contribution >= 0.6 is 0 Å². The predicted octanol–water partition coefficient (Wildman–Crippen LogP) is 1.71. The summed E-state index contributed by atoms with van der Waals surface area (Å²) in [7, 11) is 4.94. The third-order valence-corrected chi connectivity index (χ3v) is 12.9. The molecule has 0 N–H and O–H groups in total. The molecule has 0 spiro atoms. The van der Waals surface area contributed by atoms with Crippen LogP contribution in [0.1, 0.15) is 20.8 Å². The number of ether oxygens (including phenoxy) is 3. The van der Waals surface area contributed by atoms with Gasteiger partial charge in [0.05, 0.1) is 0 Å². The van der Waals surface area contributed by atoms with Gasteiger partial charge in [-0.2, -0.15) is 0 Å². The van der Waals surface area contributed by atoms with Gasteiger partial charge in [-0.1, -0.05) is 0 Å². The second kappa shape index (κ2) is 11.2. The monoisotopic (exact) mass is 402 g/mol. The zero-order valence-electron chi connectivity index (χ0n) is 13.7. The summed E-state index contributed by atoms with van der Waals surface area (Å²) in [6.07, 6.45) is 0. The van der Waals surface area contributed by atoms with Crippen LogP contribution in [0.2, 0.25) is 3.43 Å². The molecule has 0 heterocycles. The fourth-order valence-electron chi connectivity index (χ4n) is 1.55. The number of hydrogen-bond acceptors (Lipinski definition) is 6. The first-order valence-electron chi connectivity index (χ1n) is 6.82. The molecule has 0 radical (unpaired) electrons. The predicted molar refractivity (Wildman–Crippen MR) is 79.0 cm³/mol. The van der Waals surface area contributed by atoms with Gasteiger partial charge in [-0.15, -0.1) is 0 Å². The molecule has 0 saturated carbocycles. The van der Waals surface area contributed by atoms with Crippen molar-refractivity contribution in [2.45, 2.75) is 24.2 Å². The molecule has 7 heteroatoms. The fraction of sp³-hybridized carbons (Fsp3) is 1.00. The number of hydrogen-bond donors (Lipinski definition) is 0. The maximum atomic E-state index is 6.06. The van der Waals surface area contributed by atoms with Gasteiger partial charge in [0.25, 0.3) is 0 Å². The molecule has 0 unspecified atom stereocenters. The van der Waals surface area contributed by atoms with Gasteiger partial charge in [0.2, 0.25) is 0 Å². The van der Waals surface area contributed by atoms with Crippen molar-refractivity contribution < 1.29 is 23.4 Å². The Morgan fingerprint density at radius 1 is 0.600 bits per heavy atom. The second-order valence-corrected chi connectivity index (χ2v) is 15.3. The molecule has 0 fully saturated rings. The summed E-state index contributed by atoms with van der Waals surface area (Å²) in [4.78, 5) is 0. The van der Waals surface area contributed by atoms with E-state index in [2.05, 4.69) is 20.8 Å². The molecule has 0 aromatic rings. The van der Waals surface area contributed by atoms with E-state index in [-0.39, 0.29) is 3.43 Å². The van der Waals surface area contributed by atoms with Gasteiger partial charge in [0.15, 0.2) is 0 Å². The Kier molecular flexibility index (Phi) is 11.5. The van der Waals surface area contributed by atoms with Gasteiger partial charge in [-0.25, -0.2) is 0 Å². The summed E-state index contributed by atoms with van der Waals surface area (Å²) in [5, 5.41) is 0. The van der Waals surface area contributed by atoms with Crippen LogP contribution in [-0.4, -0.2) is 80.6 Å². The molecule has 0 aliphatic heterocycles. The van der Waals surface area contributed by atoms with Crippen LogP contribution in [0.3, 0.4) is 0 Å². The van der Waals surface area contributed by atoms with E-state index in [1.807, 2.05) is 0 Å². The zero-order chi connectivity index (χ0) is 15.5. The van der Waals surface area contributed by atoms with Gasteiger partial charge in [0.1, 0.15) is 0 Å². The standard InChI is InChI=1S/C4H9.3C3H7O2.Sn/c1-4(2)3;3*1-5-3-2-4;/h1-3H3;3*2-3H2,1H3;/q;3*-1;+3. The Morgan fingerprint density at radius 3 is 1.10 bits per heavy atom. The van der Waals surface area contributed by atoms with Crippen molar-refractivity contribution in [3.63, 3.8) is 0 Å². The Morgan fingerprint density at radius 2 is 0.900 bits per heavy atom. The average molecular weight is 401 g/mol. The molecule has 0 bridgehead atoms. The van der Waals surface area contributed by atoms with Crippen LogP contribution in [0.15, 0.2) is 0 Å². The van der Waals surface area contributed by atoms with E-state index in [0.717, 1.165) is 0 Å². The van der Waals surface area contributed by atoms with E-state index in [4.69, 9.17) is 23.4 Å². The molecule has 20 heavy (non-hydrogen) atoms. The summed E-state index contributed by atoms with van der Waals surface area (Å²) >= 11 is -3.72. The first-order valence-corrected chi connectivity index (χ1v) is 11.7. The van der Waals surface area contributed by atoms with Crippen molar-refractivity contribution in [3.8, 4) is 0 Å². The van der Waals surface area contributed by atoms with E-state index >= 15 is 0 Å². The quantitative estimate of drug-likeness (QED) is 0.367. The van der Waals surface area contributed by atoms with E-state index in [1.54, 1.807) is 21.3 Å². The maximum absolute atomic E-state index is 6.06. The molecule has 0 aromatic heterocycles. The van der Waals surface area contributed by atoms with Gasteiger partial charge in [-0.3, -0.25) is 0 Å². The van der Waals surface area contributed by atoms with Crippen molar-refractivity contribution in [2.75, 3.05) is 61.0 Å². The second-order valence-electron chi connectivity index (χ2n) is 5.33. The molecule has 0 atom stereocenters. The minimum absolute atomic E-state index is 0.163. The molecule has 122 valence electrons. The average Bonchev–Trinajstić information content (AvgIpc) is 2.37. The summed E-state index contributed by atoms with van der Waals surface area (Å²) in [5.74, 6) is 0. The molecule has 0 aliphatic rings. The Bertz CT molecular complexity index is 205. The summed E-state index contributed by atoms with van der Waals surface area (Å²) in [6, 6.07) is 0. The van der Waals surface area contributed by atoms with Crippen LogP contribution in [0.4, 0.5) is 0 Å². The van der Waals surface area contributed by atoms with Crippen LogP contribution in [0.5, 0.6) is 0 Å². The van der Waals surface area contributed by atoms with E-state index in [9.17, 15) is 0 Å². The van der Waals surface area contributed by atoms with Crippen molar-refractivity contribution in [1.29, 1.82) is 0 Å². The van der Waals surface area contributed by atoms with Crippen molar-refractivity contribution in [2.24, 2.45) is 0 Å². The molecular formula is C13H30O6Sn. The zero-order valence-corrected chi connectivity index (χ0v) is 16.5. The molecular weight excluding hydrogens is 371 g/mol. The van der Waals surface area contributed by atoms with Crippen LogP contribution < -0.4 is 0 Å². The fourth-order valence-corrected chi connectivity index (χ4v) is 8.99. The third kappa shape index (κ3) is 7.53. The summed E-state index contributed by atoms with van der Waals surface area (Å²) in [5.41, 5.74) is 0. The van der Waals surface area contributed by atoms with Crippen LogP contribution in [-0.2, 0) is 23.4 Å². The van der Waals surface area contributed by atoms with Crippen LogP contribution in [0, 0.1) is 0 Å². The number of methoxy groups -OCH3 is 3. The molecule has 0 aliphatic carbocycles. The third-order valence-electron chi connectivity index (χ3n) is 2.66. The van der Waals surface area contributed by atoms with Gasteiger partial charge in [-0.05, 0) is 0 Å². The molecule has 0 rings (SSSR count). The van der Waals surface area contributed by atoms with Gasteiger partial charge < -0.3 is 0 Å². The Labute approximate surface area is 128 Å².